The fourth-order valence-corrected chi connectivity index (χ4v) is 1.81. The molecule has 0 spiro atoms. The van der Waals surface area contributed by atoms with E-state index in [-0.39, 0.29) is 5.69 Å². The minimum atomic E-state index is -0.609. The van der Waals surface area contributed by atoms with Gasteiger partial charge in [-0.15, -0.1) is 0 Å². The van der Waals surface area contributed by atoms with Crippen molar-refractivity contribution in [1.82, 2.24) is 10.5 Å². The van der Waals surface area contributed by atoms with E-state index in [1.54, 1.807) is 20.3 Å². The van der Waals surface area contributed by atoms with Gasteiger partial charge < -0.3 is 25.0 Å². The first kappa shape index (κ1) is 14.9. The quantitative estimate of drug-likeness (QED) is 0.792. The maximum atomic E-state index is 10.9. The van der Waals surface area contributed by atoms with E-state index >= 15 is 0 Å². The number of hydrogen-bond donors (Lipinski definition) is 2. The summed E-state index contributed by atoms with van der Waals surface area (Å²) in [6.45, 7) is 1.01. The summed E-state index contributed by atoms with van der Waals surface area (Å²) in [5, 5.41) is 6.74. The molecule has 1 heterocycles. The third kappa shape index (κ3) is 3.96. The van der Waals surface area contributed by atoms with Crippen LogP contribution < -0.4 is 20.5 Å². The Morgan fingerprint density at radius 2 is 1.86 bits per heavy atom. The van der Waals surface area contributed by atoms with E-state index in [1.807, 2.05) is 12.1 Å². The number of rotatable bonds is 7. The number of amides is 1. The Labute approximate surface area is 122 Å². The maximum absolute atomic E-state index is 10.9. The van der Waals surface area contributed by atoms with Crippen LogP contribution >= 0.6 is 0 Å². The van der Waals surface area contributed by atoms with Crippen molar-refractivity contribution in [2.75, 3.05) is 14.2 Å². The number of carbonyl (C=O) groups is 1. The highest BCUT2D eigenvalue weighted by Gasteiger charge is 2.08. The SMILES string of the molecule is COc1cc(CNCc2cc(C(N)=O)no2)cc(OC)c1. The van der Waals surface area contributed by atoms with Crippen molar-refractivity contribution in [3.05, 3.63) is 41.3 Å². The lowest BCUT2D eigenvalue weighted by atomic mass is 10.2. The molecule has 1 amide bonds. The summed E-state index contributed by atoms with van der Waals surface area (Å²) in [5.41, 5.74) is 6.22. The van der Waals surface area contributed by atoms with Crippen molar-refractivity contribution < 1.29 is 18.8 Å². The van der Waals surface area contributed by atoms with E-state index in [2.05, 4.69) is 10.5 Å². The smallest absolute Gasteiger partial charge is 0.270 e. The molecule has 0 aliphatic rings. The lowest BCUT2D eigenvalue weighted by Gasteiger charge is -2.08. The van der Waals surface area contributed by atoms with Crippen LogP contribution in [0.1, 0.15) is 21.8 Å². The zero-order chi connectivity index (χ0) is 15.2. The Morgan fingerprint density at radius 1 is 1.19 bits per heavy atom. The zero-order valence-corrected chi connectivity index (χ0v) is 11.9. The largest absolute Gasteiger partial charge is 0.497 e. The highest BCUT2D eigenvalue weighted by molar-refractivity contribution is 5.90. The Hall–Kier alpha value is -2.54. The van der Waals surface area contributed by atoms with Crippen LogP contribution in [-0.4, -0.2) is 25.3 Å². The van der Waals surface area contributed by atoms with Gasteiger partial charge in [0.05, 0.1) is 20.8 Å². The number of ether oxygens (including phenoxy) is 2. The number of aromatic nitrogens is 1. The molecule has 1 aromatic carbocycles. The molecule has 7 nitrogen and oxygen atoms in total. The summed E-state index contributed by atoms with van der Waals surface area (Å²) in [5.74, 6) is 1.38. The second kappa shape index (κ2) is 6.76. The molecule has 0 saturated carbocycles. The zero-order valence-electron chi connectivity index (χ0n) is 11.9. The molecule has 0 radical (unpaired) electrons. The molecule has 0 atom stereocenters. The van der Waals surface area contributed by atoms with Gasteiger partial charge in [-0.1, -0.05) is 5.16 Å². The van der Waals surface area contributed by atoms with E-state index < -0.39 is 5.91 Å². The van der Waals surface area contributed by atoms with Gasteiger partial charge in [0.25, 0.3) is 5.91 Å². The van der Waals surface area contributed by atoms with E-state index in [9.17, 15) is 4.79 Å². The molecule has 2 aromatic rings. The molecule has 0 unspecified atom stereocenters. The average molecular weight is 291 g/mol. The van der Waals surface area contributed by atoms with Crippen LogP contribution in [-0.2, 0) is 13.1 Å². The van der Waals surface area contributed by atoms with Gasteiger partial charge in [0.1, 0.15) is 11.5 Å². The lowest BCUT2D eigenvalue weighted by Crippen LogP contribution is -2.13. The summed E-state index contributed by atoms with van der Waals surface area (Å²) in [6.07, 6.45) is 0. The highest BCUT2D eigenvalue weighted by atomic mass is 16.5. The van der Waals surface area contributed by atoms with Gasteiger partial charge >= 0.3 is 0 Å². The van der Waals surface area contributed by atoms with Crippen LogP contribution in [0.2, 0.25) is 0 Å². The number of carbonyl (C=O) groups excluding carboxylic acids is 1. The van der Waals surface area contributed by atoms with Gasteiger partial charge in [-0.05, 0) is 17.7 Å². The molecule has 0 aliphatic carbocycles. The third-order valence-corrected chi connectivity index (χ3v) is 2.85. The molecular weight excluding hydrogens is 274 g/mol. The molecule has 112 valence electrons. The van der Waals surface area contributed by atoms with Gasteiger partial charge in [-0.3, -0.25) is 4.79 Å². The fraction of sp³-hybridized carbons (Fsp3) is 0.286. The summed E-state index contributed by atoms with van der Waals surface area (Å²) >= 11 is 0. The van der Waals surface area contributed by atoms with E-state index in [4.69, 9.17) is 19.7 Å². The van der Waals surface area contributed by atoms with Crippen molar-refractivity contribution >= 4 is 5.91 Å². The number of nitrogens with zero attached hydrogens (tertiary/aromatic N) is 1. The molecular formula is C14H17N3O4. The van der Waals surface area contributed by atoms with E-state index in [0.717, 1.165) is 17.1 Å². The summed E-state index contributed by atoms with van der Waals surface area (Å²) < 4.78 is 15.4. The standard InChI is InChI=1S/C14H17N3O4/c1-19-10-3-9(4-11(5-10)20-2)7-16-8-12-6-13(14(15)18)17-21-12/h3-6,16H,7-8H2,1-2H3,(H2,15,18). The van der Waals surface area contributed by atoms with Crippen LogP contribution in [0.25, 0.3) is 0 Å². The molecule has 2 rings (SSSR count). The number of methoxy groups -OCH3 is 2. The minimum absolute atomic E-state index is 0.120. The molecule has 21 heavy (non-hydrogen) atoms. The number of primary amides is 1. The molecule has 0 fully saturated rings. The second-order valence-electron chi connectivity index (χ2n) is 4.37. The number of hydrogen-bond acceptors (Lipinski definition) is 6. The van der Waals surface area contributed by atoms with Crippen LogP contribution in [0.4, 0.5) is 0 Å². The molecule has 1 aromatic heterocycles. The number of benzene rings is 1. The monoisotopic (exact) mass is 291 g/mol. The normalized spacial score (nSPS) is 10.4. The van der Waals surface area contributed by atoms with Crippen LogP contribution in [0, 0.1) is 0 Å². The first-order valence-electron chi connectivity index (χ1n) is 6.30. The van der Waals surface area contributed by atoms with Gasteiger partial charge in [-0.2, -0.15) is 0 Å². The Morgan fingerprint density at radius 3 is 2.38 bits per heavy atom. The minimum Gasteiger partial charge on any atom is -0.497 e. The summed E-state index contributed by atoms with van der Waals surface area (Å²) in [6, 6.07) is 7.13. The fourth-order valence-electron chi connectivity index (χ4n) is 1.81. The first-order chi connectivity index (χ1) is 10.1. The van der Waals surface area contributed by atoms with Crippen molar-refractivity contribution in [1.29, 1.82) is 0 Å². The molecule has 3 N–H and O–H groups in total. The highest BCUT2D eigenvalue weighted by Crippen LogP contribution is 2.22. The van der Waals surface area contributed by atoms with Gasteiger partial charge in [0.2, 0.25) is 0 Å². The lowest BCUT2D eigenvalue weighted by molar-refractivity contribution is 0.0991. The summed E-state index contributed by atoms with van der Waals surface area (Å²) in [7, 11) is 3.21. The van der Waals surface area contributed by atoms with Crippen LogP contribution in [0.15, 0.2) is 28.8 Å². The van der Waals surface area contributed by atoms with E-state index in [0.29, 0.717) is 18.8 Å². The van der Waals surface area contributed by atoms with Crippen molar-refractivity contribution in [3.8, 4) is 11.5 Å². The topological polar surface area (TPSA) is 99.6 Å². The van der Waals surface area contributed by atoms with Crippen LogP contribution in [0.5, 0.6) is 11.5 Å². The molecule has 7 heteroatoms. The Balaban J connectivity index is 1.94. The van der Waals surface area contributed by atoms with Gasteiger partial charge in [-0.25, -0.2) is 0 Å². The predicted molar refractivity (Wildman–Crippen MR) is 75.1 cm³/mol. The first-order valence-corrected chi connectivity index (χ1v) is 6.30. The van der Waals surface area contributed by atoms with Gasteiger partial charge in [0.15, 0.2) is 11.5 Å². The molecule has 0 saturated heterocycles. The number of nitrogens with two attached hydrogens (primary N) is 1. The molecule has 0 bridgehead atoms. The molecule has 0 aliphatic heterocycles. The van der Waals surface area contributed by atoms with E-state index in [1.165, 1.54) is 6.07 Å². The predicted octanol–water partition coefficient (Wildman–Crippen LogP) is 1.08. The second-order valence-corrected chi connectivity index (χ2v) is 4.37. The van der Waals surface area contributed by atoms with Crippen molar-refractivity contribution in [2.45, 2.75) is 13.1 Å². The Bertz CT molecular complexity index is 602. The van der Waals surface area contributed by atoms with Gasteiger partial charge in [0, 0.05) is 18.7 Å². The average Bonchev–Trinajstić information content (AvgIpc) is 2.96. The number of nitrogens with one attached hydrogen (secondary N) is 1. The summed E-state index contributed by atoms with van der Waals surface area (Å²) in [4.78, 5) is 10.9. The Kier molecular flexibility index (Phi) is 4.78. The van der Waals surface area contributed by atoms with Crippen LogP contribution in [0.3, 0.4) is 0 Å². The third-order valence-electron chi connectivity index (χ3n) is 2.85. The van der Waals surface area contributed by atoms with Crippen molar-refractivity contribution in [2.24, 2.45) is 5.73 Å². The van der Waals surface area contributed by atoms with Crippen molar-refractivity contribution in [3.63, 3.8) is 0 Å². The maximum Gasteiger partial charge on any atom is 0.270 e.